The molecule has 2 atom stereocenters. The number of hydrogen-bond acceptors (Lipinski definition) is 2. The van der Waals surface area contributed by atoms with Crippen molar-refractivity contribution in [1.29, 1.82) is 0 Å². The Morgan fingerprint density at radius 3 is 1.94 bits per heavy atom. The molecule has 0 radical (unpaired) electrons. The average molecular weight is 305 g/mol. The van der Waals surface area contributed by atoms with Crippen LogP contribution in [0.2, 0.25) is 19.6 Å². The molecule has 2 N–H and O–H groups in total. The average Bonchev–Trinajstić information content (AvgIpc) is 2.35. The third-order valence-electron chi connectivity index (χ3n) is 2.64. The van der Waals surface area contributed by atoms with E-state index in [4.69, 9.17) is 23.2 Å². The first kappa shape index (κ1) is 15.7. The van der Waals surface area contributed by atoms with Gasteiger partial charge in [-0.1, -0.05) is 73.2 Å². The summed E-state index contributed by atoms with van der Waals surface area (Å²) in [5, 5.41) is 20.4. The second-order valence-corrected chi connectivity index (χ2v) is 11.4. The molecule has 0 bridgehead atoms. The second-order valence-electron chi connectivity index (χ2n) is 5.28. The zero-order chi connectivity index (χ0) is 13.9. The highest BCUT2D eigenvalue weighted by molar-refractivity contribution is 6.79. The summed E-state index contributed by atoms with van der Waals surface area (Å²) in [6, 6.07) is 9.00. The molecule has 0 amide bonds. The Kier molecular flexibility index (Phi) is 5.43. The molecule has 2 unspecified atom stereocenters. The highest BCUT2D eigenvalue weighted by Crippen LogP contribution is 2.32. The molecule has 18 heavy (non-hydrogen) atoms. The van der Waals surface area contributed by atoms with E-state index in [2.05, 4.69) is 0 Å². The number of aliphatic hydroxyl groups is 2. The first-order chi connectivity index (χ1) is 8.25. The van der Waals surface area contributed by atoms with Crippen molar-refractivity contribution in [2.75, 3.05) is 0 Å². The minimum atomic E-state index is -1.86. The largest absolute Gasteiger partial charge is 0.391 e. The number of hydrogen-bond donors (Lipinski definition) is 2. The smallest absolute Gasteiger partial charge is 0.116 e. The maximum absolute atomic E-state index is 10.1. The molecular formula is C13H18Cl2O2Si. The molecule has 0 fully saturated rings. The van der Waals surface area contributed by atoms with Crippen LogP contribution in [0.15, 0.2) is 40.4 Å². The van der Waals surface area contributed by atoms with Gasteiger partial charge in [-0.15, -0.1) is 0 Å². The number of halogens is 2. The summed E-state index contributed by atoms with van der Waals surface area (Å²) in [5.41, 5.74) is -0.117. The van der Waals surface area contributed by atoms with Crippen molar-refractivity contribution in [3.8, 4) is 0 Å². The van der Waals surface area contributed by atoms with Crippen LogP contribution in [-0.4, -0.2) is 24.0 Å². The Balaban J connectivity index is 3.02. The van der Waals surface area contributed by atoms with Gasteiger partial charge in [0.1, 0.15) is 6.10 Å². The van der Waals surface area contributed by atoms with Gasteiger partial charge < -0.3 is 10.2 Å². The predicted octanol–water partition coefficient (Wildman–Crippen LogP) is 3.65. The van der Waals surface area contributed by atoms with Crippen molar-refractivity contribution in [2.45, 2.75) is 31.5 Å². The zero-order valence-corrected chi connectivity index (χ0v) is 13.2. The molecule has 0 aliphatic rings. The van der Waals surface area contributed by atoms with Crippen LogP contribution in [-0.2, 0) is 0 Å². The van der Waals surface area contributed by atoms with Crippen molar-refractivity contribution in [2.24, 2.45) is 0 Å². The Labute approximate surface area is 119 Å². The van der Waals surface area contributed by atoms with Crippen LogP contribution in [0, 0.1) is 0 Å². The summed E-state index contributed by atoms with van der Waals surface area (Å²) in [6.07, 6.45) is -0.994. The van der Waals surface area contributed by atoms with Gasteiger partial charge in [0, 0.05) is 0 Å². The molecule has 2 nitrogen and oxygen atoms in total. The second kappa shape index (κ2) is 6.22. The van der Waals surface area contributed by atoms with Gasteiger partial charge in [-0.2, -0.15) is 0 Å². The molecular weight excluding hydrogens is 287 g/mol. The minimum Gasteiger partial charge on any atom is -0.391 e. The van der Waals surface area contributed by atoms with Gasteiger partial charge in [0.25, 0.3) is 0 Å². The topological polar surface area (TPSA) is 40.5 Å². The molecule has 1 aromatic rings. The lowest BCUT2D eigenvalue weighted by Gasteiger charge is -2.25. The maximum Gasteiger partial charge on any atom is 0.116 e. The summed E-state index contributed by atoms with van der Waals surface area (Å²) < 4.78 is 0. The Bertz CT molecular complexity index is 426. The summed E-state index contributed by atoms with van der Waals surface area (Å²) in [4.78, 5) is 0. The van der Waals surface area contributed by atoms with Crippen molar-refractivity contribution >= 4 is 31.3 Å². The molecule has 0 aromatic heterocycles. The van der Waals surface area contributed by atoms with Crippen molar-refractivity contribution in [3.63, 3.8) is 0 Å². The Morgan fingerprint density at radius 1 is 1.00 bits per heavy atom. The first-order valence-corrected chi connectivity index (χ1v) is 10.0. The molecule has 0 heterocycles. The van der Waals surface area contributed by atoms with E-state index in [-0.39, 0.29) is 10.1 Å². The monoisotopic (exact) mass is 304 g/mol. The SMILES string of the molecule is C[Si](C)(C)C(O)/C(Cl)=C(\Cl)C(O)c1ccccc1. The predicted molar refractivity (Wildman–Crippen MR) is 79.5 cm³/mol. The van der Waals surface area contributed by atoms with Gasteiger partial charge in [0.2, 0.25) is 0 Å². The van der Waals surface area contributed by atoms with Gasteiger partial charge in [-0.3, -0.25) is 0 Å². The zero-order valence-electron chi connectivity index (χ0n) is 10.7. The van der Waals surface area contributed by atoms with Crippen molar-refractivity contribution < 1.29 is 10.2 Å². The van der Waals surface area contributed by atoms with Crippen molar-refractivity contribution in [3.05, 3.63) is 46.0 Å². The molecule has 1 aromatic carbocycles. The van der Waals surface area contributed by atoms with Crippen LogP contribution in [0.1, 0.15) is 11.7 Å². The first-order valence-electron chi connectivity index (χ1n) is 5.71. The molecule has 1 rings (SSSR count). The van der Waals surface area contributed by atoms with E-state index < -0.39 is 19.9 Å². The number of aliphatic hydroxyl groups excluding tert-OH is 2. The summed E-state index contributed by atoms with van der Waals surface area (Å²) in [7, 11) is -1.86. The van der Waals surface area contributed by atoms with E-state index in [9.17, 15) is 10.2 Å². The van der Waals surface area contributed by atoms with E-state index in [1.807, 2.05) is 37.8 Å². The number of rotatable bonds is 4. The summed E-state index contributed by atoms with van der Waals surface area (Å²) in [6.45, 7) is 5.96. The van der Waals surface area contributed by atoms with Crippen LogP contribution < -0.4 is 0 Å². The van der Waals surface area contributed by atoms with Crippen LogP contribution >= 0.6 is 23.2 Å². The number of benzene rings is 1. The van der Waals surface area contributed by atoms with Gasteiger partial charge in [0.05, 0.1) is 23.9 Å². The summed E-state index contributed by atoms with van der Waals surface area (Å²) in [5.74, 6) is 0. The molecule has 5 heteroatoms. The van der Waals surface area contributed by atoms with Gasteiger partial charge >= 0.3 is 0 Å². The van der Waals surface area contributed by atoms with E-state index in [0.717, 1.165) is 0 Å². The fourth-order valence-electron chi connectivity index (χ4n) is 1.42. The van der Waals surface area contributed by atoms with Gasteiger partial charge in [-0.25, -0.2) is 0 Å². The van der Waals surface area contributed by atoms with Gasteiger partial charge in [-0.05, 0) is 5.56 Å². The lowest BCUT2D eigenvalue weighted by atomic mass is 10.1. The van der Waals surface area contributed by atoms with E-state index >= 15 is 0 Å². The third kappa shape index (κ3) is 3.83. The van der Waals surface area contributed by atoms with Crippen LogP contribution in [0.25, 0.3) is 0 Å². The Morgan fingerprint density at radius 2 is 1.50 bits per heavy atom. The normalized spacial score (nSPS) is 17.1. The van der Waals surface area contributed by atoms with Gasteiger partial charge in [0.15, 0.2) is 0 Å². The molecule has 0 aliphatic carbocycles. The molecule has 0 spiro atoms. The minimum absolute atomic E-state index is 0.0952. The molecule has 0 aliphatic heterocycles. The molecule has 0 saturated heterocycles. The molecule has 0 saturated carbocycles. The molecule has 100 valence electrons. The lowest BCUT2D eigenvalue weighted by molar-refractivity contribution is 0.219. The van der Waals surface area contributed by atoms with Crippen LogP contribution in [0.5, 0.6) is 0 Å². The van der Waals surface area contributed by atoms with Crippen LogP contribution in [0.3, 0.4) is 0 Å². The Hall–Kier alpha value is -0.323. The fourth-order valence-corrected chi connectivity index (χ4v) is 3.75. The van der Waals surface area contributed by atoms with Crippen LogP contribution in [0.4, 0.5) is 0 Å². The third-order valence-corrected chi connectivity index (χ3v) is 5.67. The highest BCUT2D eigenvalue weighted by Gasteiger charge is 2.30. The van der Waals surface area contributed by atoms with E-state index in [0.29, 0.717) is 5.56 Å². The summed E-state index contributed by atoms with van der Waals surface area (Å²) >= 11 is 12.2. The van der Waals surface area contributed by atoms with E-state index in [1.165, 1.54) is 0 Å². The fraction of sp³-hybridized carbons (Fsp3) is 0.385. The van der Waals surface area contributed by atoms with E-state index in [1.54, 1.807) is 12.1 Å². The van der Waals surface area contributed by atoms with Crippen molar-refractivity contribution in [1.82, 2.24) is 0 Å². The standard InChI is InChI=1S/C13H18Cl2O2Si/c1-18(2,3)13(17)11(15)10(14)12(16)9-7-5-4-6-8-9/h4-8,12-13,16-17H,1-3H3/b11-10+. The maximum atomic E-state index is 10.1. The quantitative estimate of drug-likeness (QED) is 0.834. The lowest BCUT2D eigenvalue weighted by Crippen LogP contribution is -2.38. The highest BCUT2D eigenvalue weighted by atomic mass is 35.5.